The molecular weight excluding hydrogens is 280 g/mol. The molecule has 1 unspecified atom stereocenters. The van der Waals surface area contributed by atoms with Crippen molar-refractivity contribution in [3.63, 3.8) is 0 Å². The van der Waals surface area contributed by atoms with Crippen molar-refractivity contribution in [2.45, 2.75) is 12.8 Å². The van der Waals surface area contributed by atoms with Crippen LogP contribution in [0.15, 0.2) is 22.7 Å². The summed E-state index contributed by atoms with van der Waals surface area (Å²) in [4.78, 5) is 0. The summed E-state index contributed by atoms with van der Waals surface area (Å²) in [5.74, 6) is 0.550. The molecule has 1 aromatic carbocycles. The Morgan fingerprint density at radius 3 is 3.12 bits per heavy atom. The van der Waals surface area contributed by atoms with E-state index in [0.29, 0.717) is 11.5 Å². The van der Waals surface area contributed by atoms with Gasteiger partial charge in [0.15, 0.2) is 0 Å². The molecule has 1 fully saturated rings. The standard InChI is InChI=1S/C13H15BrN2O/c14-12-4-3-11(7-15)13(6-12)16-8-10-2-1-5-17-9-10/h3-4,6,10,16H,1-2,5,8-9H2. The molecule has 0 amide bonds. The van der Waals surface area contributed by atoms with Gasteiger partial charge in [0.1, 0.15) is 6.07 Å². The highest BCUT2D eigenvalue weighted by Crippen LogP contribution is 2.22. The monoisotopic (exact) mass is 294 g/mol. The molecule has 1 saturated heterocycles. The van der Waals surface area contributed by atoms with Crippen molar-refractivity contribution in [1.82, 2.24) is 0 Å². The molecule has 2 rings (SSSR count). The summed E-state index contributed by atoms with van der Waals surface area (Å²) in [7, 11) is 0. The van der Waals surface area contributed by atoms with E-state index in [1.54, 1.807) is 0 Å². The number of hydrogen-bond donors (Lipinski definition) is 1. The number of halogens is 1. The van der Waals surface area contributed by atoms with Gasteiger partial charge in [0, 0.05) is 17.6 Å². The fourth-order valence-electron chi connectivity index (χ4n) is 1.98. The third-order valence-electron chi connectivity index (χ3n) is 2.94. The van der Waals surface area contributed by atoms with Crippen LogP contribution in [0, 0.1) is 17.2 Å². The molecule has 0 radical (unpaired) electrons. The van der Waals surface area contributed by atoms with Gasteiger partial charge in [-0.1, -0.05) is 15.9 Å². The first kappa shape index (κ1) is 12.4. The van der Waals surface area contributed by atoms with Crippen molar-refractivity contribution in [1.29, 1.82) is 5.26 Å². The van der Waals surface area contributed by atoms with Gasteiger partial charge in [-0.25, -0.2) is 0 Å². The lowest BCUT2D eigenvalue weighted by molar-refractivity contribution is 0.0595. The minimum absolute atomic E-state index is 0.550. The van der Waals surface area contributed by atoms with E-state index in [-0.39, 0.29) is 0 Å². The largest absolute Gasteiger partial charge is 0.384 e. The average Bonchev–Trinajstić information content (AvgIpc) is 2.38. The first-order valence-corrected chi connectivity index (χ1v) is 6.60. The quantitative estimate of drug-likeness (QED) is 0.931. The molecule has 1 aliphatic heterocycles. The maximum absolute atomic E-state index is 9.02. The highest BCUT2D eigenvalue weighted by molar-refractivity contribution is 9.10. The normalized spacial score (nSPS) is 19.6. The van der Waals surface area contributed by atoms with Crippen LogP contribution >= 0.6 is 15.9 Å². The van der Waals surface area contributed by atoms with Crippen LogP contribution in [0.3, 0.4) is 0 Å². The zero-order valence-corrected chi connectivity index (χ0v) is 11.2. The lowest BCUT2D eigenvalue weighted by Gasteiger charge is -2.23. The van der Waals surface area contributed by atoms with Crippen molar-refractivity contribution in [2.75, 3.05) is 25.1 Å². The third kappa shape index (κ3) is 3.45. The first-order chi connectivity index (χ1) is 8.29. The van der Waals surface area contributed by atoms with Gasteiger partial charge in [-0.15, -0.1) is 0 Å². The molecule has 0 aromatic heterocycles. The van der Waals surface area contributed by atoms with Crippen LogP contribution < -0.4 is 5.32 Å². The second kappa shape index (κ2) is 6.04. The molecule has 0 saturated carbocycles. The fourth-order valence-corrected chi connectivity index (χ4v) is 2.34. The molecule has 4 heteroatoms. The van der Waals surface area contributed by atoms with Gasteiger partial charge in [0.25, 0.3) is 0 Å². The number of hydrogen-bond acceptors (Lipinski definition) is 3. The second-order valence-corrected chi connectivity index (χ2v) is 5.18. The van der Waals surface area contributed by atoms with E-state index in [2.05, 4.69) is 27.3 Å². The molecule has 0 spiro atoms. The molecule has 0 bridgehead atoms. The highest BCUT2D eigenvalue weighted by Gasteiger charge is 2.14. The molecule has 1 heterocycles. The van der Waals surface area contributed by atoms with E-state index < -0.39 is 0 Å². The molecule has 0 aliphatic carbocycles. The van der Waals surface area contributed by atoms with Crippen LogP contribution in [0.1, 0.15) is 18.4 Å². The van der Waals surface area contributed by atoms with E-state index in [0.717, 1.165) is 36.3 Å². The zero-order valence-electron chi connectivity index (χ0n) is 9.58. The number of nitrogens with one attached hydrogen (secondary N) is 1. The number of rotatable bonds is 3. The van der Waals surface area contributed by atoms with E-state index in [4.69, 9.17) is 10.00 Å². The average molecular weight is 295 g/mol. The summed E-state index contributed by atoms with van der Waals surface area (Å²) in [6, 6.07) is 7.85. The number of anilines is 1. The van der Waals surface area contributed by atoms with E-state index in [9.17, 15) is 0 Å². The summed E-state index contributed by atoms with van der Waals surface area (Å²) < 4.78 is 6.42. The molecule has 1 N–H and O–H groups in total. The predicted molar refractivity (Wildman–Crippen MR) is 70.9 cm³/mol. The number of benzene rings is 1. The van der Waals surface area contributed by atoms with Crippen LogP contribution in [0.2, 0.25) is 0 Å². The molecule has 3 nitrogen and oxygen atoms in total. The van der Waals surface area contributed by atoms with Gasteiger partial charge in [-0.3, -0.25) is 0 Å². The zero-order chi connectivity index (χ0) is 12.1. The maximum atomic E-state index is 9.02. The Morgan fingerprint density at radius 2 is 2.41 bits per heavy atom. The van der Waals surface area contributed by atoms with Crippen LogP contribution in [-0.2, 0) is 4.74 Å². The van der Waals surface area contributed by atoms with Gasteiger partial charge in [-0.2, -0.15) is 5.26 Å². The summed E-state index contributed by atoms with van der Waals surface area (Å²) in [5, 5.41) is 12.4. The summed E-state index contributed by atoms with van der Waals surface area (Å²) in [6.45, 7) is 2.57. The highest BCUT2D eigenvalue weighted by atomic mass is 79.9. The van der Waals surface area contributed by atoms with Crippen molar-refractivity contribution in [3.8, 4) is 6.07 Å². The number of nitrogens with zero attached hydrogens (tertiary/aromatic N) is 1. The SMILES string of the molecule is N#Cc1ccc(Br)cc1NCC1CCCOC1. The van der Waals surface area contributed by atoms with E-state index in [1.165, 1.54) is 6.42 Å². The van der Waals surface area contributed by atoms with Crippen LogP contribution in [0.4, 0.5) is 5.69 Å². The lowest BCUT2D eigenvalue weighted by Crippen LogP contribution is -2.24. The molecule has 90 valence electrons. The van der Waals surface area contributed by atoms with Crippen molar-refractivity contribution < 1.29 is 4.74 Å². The van der Waals surface area contributed by atoms with Crippen molar-refractivity contribution >= 4 is 21.6 Å². The molecule has 1 aliphatic rings. The molecule has 1 atom stereocenters. The lowest BCUT2D eigenvalue weighted by atomic mass is 10.0. The van der Waals surface area contributed by atoms with Crippen molar-refractivity contribution in [3.05, 3.63) is 28.2 Å². The Morgan fingerprint density at radius 1 is 1.53 bits per heavy atom. The maximum Gasteiger partial charge on any atom is 0.101 e. The fraction of sp³-hybridized carbons (Fsp3) is 0.462. The Balaban J connectivity index is 1.98. The Hall–Kier alpha value is -1.05. The number of ether oxygens (including phenoxy) is 1. The molecule has 1 aromatic rings. The van der Waals surface area contributed by atoms with E-state index >= 15 is 0 Å². The van der Waals surface area contributed by atoms with Gasteiger partial charge in [0.2, 0.25) is 0 Å². The summed E-state index contributed by atoms with van der Waals surface area (Å²) in [6.07, 6.45) is 2.33. The smallest absolute Gasteiger partial charge is 0.101 e. The summed E-state index contributed by atoms with van der Waals surface area (Å²) >= 11 is 3.42. The Kier molecular flexibility index (Phi) is 4.41. The minimum atomic E-state index is 0.550. The van der Waals surface area contributed by atoms with Gasteiger partial charge < -0.3 is 10.1 Å². The van der Waals surface area contributed by atoms with Crippen LogP contribution in [0.25, 0.3) is 0 Å². The third-order valence-corrected chi connectivity index (χ3v) is 3.43. The van der Waals surface area contributed by atoms with Crippen LogP contribution in [-0.4, -0.2) is 19.8 Å². The second-order valence-electron chi connectivity index (χ2n) is 4.27. The Labute approximate surface area is 110 Å². The summed E-state index contributed by atoms with van der Waals surface area (Å²) in [5.41, 5.74) is 1.58. The van der Waals surface area contributed by atoms with Crippen LogP contribution in [0.5, 0.6) is 0 Å². The van der Waals surface area contributed by atoms with E-state index in [1.807, 2.05) is 18.2 Å². The Bertz CT molecular complexity index is 422. The first-order valence-electron chi connectivity index (χ1n) is 5.81. The molecular formula is C13H15BrN2O. The molecule has 17 heavy (non-hydrogen) atoms. The number of nitriles is 1. The minimum Gasteiger partial charge on any atom is -0.384 e. The van der Waals surface area contributed by atoms with Gasteiger partial charge >= 0.3 is 0 Å². The predicted octanol–water partition coefficient (Wildman–Crippen LogP) is 3.16. The van der Waals surface area contributed by atoms with Crippen molar-refractivity contribution in [2.24, 2.45) is 5.92 Å². The topological polar surface area (TPSA) is 45.0 Å². The van der Waals surface area contributed by atoms with Gasteiger partial charge in [-0.05, 0) is 37.0 Å². The van der Waals surface area contributed by atoms with Gasteiger partial charge in [0.05, 0.1) is 17.9 Å².